The van der Waals surface area contributed by atoms with Gasteiger partial charge in [-0.05, 0) is 32.4 Å². The van der Waals surface area contributed by atoms with Gasteiger partial charge in [-0.1, -0.05) is 42.0 Å². The molecule has 14 heavy (non-hydrogen) atoms. The molecule has 1 aliphatic carbocycles. The zero-order valence-corrected chi connectivity index (χ0v) is 8.88. The number of hydrogen-bond acceptors (Lipinski definition) is 1. The molecule has 0 aromatic heterocycles. The summed E-state index contributed by atoms with van der Waals surface area (Å²) in [6, 6.07) is 10.5. The maximum atomic E-state index is 3.40. The van der Waals surface area contributed by atoms with E-state index in [4.69, 9.17) is 0 Å². The van der Waals surface area contributed by atoms with Crippen molar-refractivity contribution in [3.8, 4) is 0 Å². The molecular formula is C13H17N. The van der Waals surface area contributed by atoms with Gasteiger partial charge in [-0.2, -0.15) is 0 Å². The molecule has 1 fully saturated rings. The summed E-state index contributed by atoms with van der Waals surface area (Å²) in [5.41, 5.74) is 3.06. The zero-order valence-electron chi connectivity index (χ0n) is 8.88. The van der Waals surface area contributed by atoms with E-state index in [9.17, 15) is 0 Å². The molecule has 0 bridgehead atoms. The van der Waals surface area contributed by atoms with E-state index in [1.54, 1.807) is 0 Å². The molecule has 2 rings (SSSR count). The molecule has 1 nitrogen and oxygen atoms in total. The molecule has 1 aromatic carbocycles. The van der Waals surface area contributed by atoms with Crippen LogP contribution >= 0.6 is 0 Å². The van der Waals surface area contributed by atoms with Crippen LogP contribution in [-0.2, 0) is 0 Å². The maximum absolute atomic E-state index is 3.40. The van der Waals surface area contributed by atoms with E-state index in [2.05, 4.69) is 55.7 Å². The average molecular weight is 187 g/mol. The van der Waals surface area contributed by atoms with Gasteiger partial charge in [-0.25, -0.2) is 0 Å². The van der Waals surface area contributed by atoms with E-state index in [0.717, 1.165) is 0 Å². The Labute approximate surface area is 85.8 Å². The van der Waals surface area contributed by atoms with Crippen LogP contribution in [0.3, 0.4) is 0 Å². The van der Waals surface area contributed by atoms with Gasteiger partial charge >= 0.3 is 0 Å². The topological polar surface area (TPSA) is 12.0 Å². The minimum Gasteiger partial charge on any atom is -0.311 e. The second-order valence-electron chi connectivity index (χ2n) is 4.07. The first-order chi connectivity index (χ1) is 6.77. The van der Waals surface area contributed by atoms with Gasteiger partial charge in [-0.3, -0.25) is 0 Å². The van der Waals surface area contributed by atoms with Gasteiger partial charge in [0.1, 0.15) is 0 Å². The molecular weight excluding hydrogens is 170 g/mol. The Morgan fingerprint density at radius 1 is 1.29 bits per heavy atom. The van der Waals surface area contributed by atoms with Gasteiger partial charge in [0.15, 0.2) is 0 Å². The first-order valence-electron chi connectivity index (χ1n) is 5.20. The van der Waals surface area contributed by atoms with Crippen LogP contribution in [0.15, 0.2) is 35.9 Å². The van der Waals surface area contributed by atoms with Crippen molar-refractivity contribution in [1.82, 2.24) is 5.32 Å². The third kappa shape index (κ3) is 1.73. The maximum Gasteiger partial charge on any atom is 0.0393 e. The van der Waals surface area contributed by atoms with Crippen LogP contribution in [0.5, 0.6) is 0 Å². The smallest absolute Gasteiger partial charge is 0.0393 e. The minimum absolute atomic E-state index is 0.315. The number of likely N-dealkylation sites (N-methyl/N-ethyl adjacent to an activating group) is 1. The second kappa shape index (κ2) is 3.58. The number of nitrogens with one attached hydrogen (secondary N) is 1. The van der Waals surface area contributed by atoms with Crippen LogP contribution < -0.4 is 5.32 Å². The Bertz CT molecular complexity index is 334. The molecule has 0 aliphatic heterocycles. The van der Waals surface area contributed by atoms with Gasteiger partial charge in [0.05, 0.1) is 0 Å². The van der Waals surface area contributed by atoms with Gasteiger partial charge < -0.3 is 5.32 Å². The van der Waals surface area contributed by atoms with E-state index >= 15 is 0 Å². The van der Waals surface area contributed by atoms with Crippen molar-refractivity contribution in [2.45, 2.75) is 25.3 Å². The molecule has 1 N–H and O–H groups in total. The number of hydrogen-bond donors (Lipinski definition) is 1. The summed E-state index contributed by atoms with van der Waals surface area (Å²) >= 11 is 0. The number of rotatable bonds is 3. The third-order valence-electron chi connectivity index (χ3n) is 3.17. The molecule has 0 spiro atoms. The van der Waals surface area contributed by atoms with E-state index in [0.29, 0.717) is 5.54 Å². The predicted molar refractivity (Wildman–Crippen MR) is 61.1 cm³/mol. The van der Waals surface area contributed by atoms with E-state index in [1.807, 2.05) is 0 Å². The third-order valence-corrected chi connectivity index (χ3v) is 3.17. The highest BCUT2D eigenvalue weighted by atomic mass is 15.0. The zero-order chi connectivity index (χ0) is 10.0. The van der Waals surface area contributed by atoms with Crippen molar-refractivity contribution < 1.29 is 0 Å². The molecule has 0 radical (unpaired) electrons. The Balaban J connectivity index is 2.19. The Hall–Kier alpha value is -1.08. The van der Waals surface area contributed by atoms with Crippen LogP contribution in [-0.4, -0.2) is 12.6 Å². The fourth-order valence-electron chi connectivity index (χ4n) is 1.90. The lowest BCUT2D eigenvalue weighted by Crippen LogP contribution is -2.28. The summed E-state index contributed by atoms with van der Waals surface area (Å²) in [4.78, 5) is 0. The summed E-state index contributed by atoms with van der Waals surface area (Å²) in [7, 11) is 2.05. The van der Waals surface area contributed by atoms with E-state index in [-0.39, 0.29) is 0 Å². The lowest BCUT2D eigenvalue weighted by molar-refractivity contribution is 0.637. The quantitative estimate of drug-likeness (QED) is 0.767. The first kappa shape index (κ1) is 9.47. The fraction of sp³-hybridized carbons (Fsp3) is 0.385. The highest BCUT2D eigenvalue weighted by molar-refractivity contribution is 5.56. The Kier molecular flexibility index (Phi) is 2.42. The second-order valence-corrected chi connectivity index (χ2v) is 4.07. The molecule has 1 aliphatic rings. The first-order valence-corrected chi connectivity index (χ1v) is 5.20. The lowest BCUT2D eigenvalue weighted by Gasteiger charge is -2.14. The van der Waals surface area contributed by atoms with Crippen molar-refractivity contribution in [2.75, 3.05) is 7.05 Å². The van der Waals surface area contributed by atoms with Crippen LogP contribution in [0.25, 0.3) is 6.08 Å². The summed E-state index contributed by atoms with van der Waals surface area (Å²) in [6.45, 7) is 2.22. The molecule has 0 unspecified atom stereocenters. The summed E-state index contributed by atoms with van der Waals surface area (Å²) in [6.07, 6.45) is 4.83. The monoisotopic (exact) mass is 187 g/mol. The molecule has 0 heterocycles. The molecule has 1 saturated carbocycles. The molecule has 0 saturated heterocycles. The van der Waals surface area contributed by atoms with Gasteiger partial charge in [0.25, 0.3) is 0 Å². The molecule has 1 heteroatoms. The summed E-state index contributed by atoms with van der Waals surface area (Å²) < 4.78 is 0. The van der Waals surface area contributed by atoms with Crippen LogP contribution in [0.4, 0.5) is 0 Å². The van der Waals surface area contributed by atoms with Crippen molar-refractivity contribution >= 4 is 6.08 Å². The normalized spacial score (nSPS) is 19.4. The van der Waals surface area contributed by atoms with E-state index < -0.39 is 0 Å². The molecule has 0 amide bonds. The van der Waals surface area contributed by atoms with Gasteiger partial charge in [0, 0.05) is 5.54 Å². The van der Waals surface area contributed by atoms with Crippen molar-refractivity contribution in [2.24, 2.45) is 0 Å². The van der Waals surface area contributed by atoms with Gasteiger partial charge in [0.2, 0.25) is 0 Å². The molecule has 74 valence electrons. The standard InChI is InChI=1S/C13H17N/c1-11(13(14-2)8-9-13)10-12-6-4-3-5-7-12/h3-7,10,14H,8-9H2,1-2H3/b11-10+. The minimum atomic E-state index is 0.315. The molecule has 0 atom stereocenters. The van der Waals surface area contributed by atoms with E-state index in [1.165, 1.54) is 24.0 Å². The highest BCUT2D eigenvalue weighted by Gasteiger charge is 2.42. The largest absolute Gasteiger partial charge is 0.311 e. The van der Waals surface area contributed by atoms with Gasteiger partial charge in [-0.15, -0.1) is 0 Å². The summed E-state index contributed by atoms with van der Waals surface area (Å²) in [5.74, 6) is 0. The highest BCUT2D eigenvalue weighted by Crippen LogP contribution is 2.42. The van der Waals surface area contributed by atoms with Crippen LogP contribution in [0, 0.1) is 0 Å². The van der Waals surface area contributed by atoms with Crippen molar-refractivity contribution in [3.05, 3.63) is 41.5 Å². The summed E-state index contributed by atoms with van der Waals surface area (Å²) in [5, 5.41) is 3.40. The average Bonchev–Trinajstić information content (AvgIpc) is 3.00. The number of benzene rings is 1. The van der Waals surface area contributed by atoms with Crippen LogP contribution in [0.1, 0.15) is 25.3 Å². The Morgan fingerprint density at radius 3 is 2.43 bits per heavy atom. The fourth-order valence-corrected chi connectivity index (χ4v) is 1.90. The van der Waals surface area contributed by atoms with Crippen molar-refractivity contribution in [3.63, 3.8) is 0 Å². The Morgan fingerprint density at radius 2 is 1.93 bits per heavy atom. The van der Waals surface area contributed by atoms with Crippen LogP contribution in [0.2, 0.25) is 0 Å². The van der Waals surface area contributed by atoms with Crippen molar-refractivity contribution in [1.29, 1.82) is 0 Å². The lowest BCUT2D eigenvalue weighted by atomic mass is 10.0. The molecule has 1 aromatic rings. The SMILES string of the molecule is CNC1(/C(C)=C/c2ccccc2)CC1. The predicted octanol–water partition coefficient (Wildman–Crippen LogP) is 2.84.